The second kappa shape index (κ2) is 7.25. The average Bonchev–Trinajstić information content (AvgIpc) is 2.44. The van der Waals surface area contributed by atoms with Crippen molar-refractivity contribution in [3.63, 3.8) is 0 Å². The third-order valence-electron chi connectivity index (χ3n) is 3.86. The summed E-state index contributed by atoms with van der Waals surface area (Å²) in [5.74, 6) is 1.74. The monoisotopic (exact) mass is 285 g/mol. The van der Waals surface area contributed by atoms with Crippen LogP contribution in [0, 0.1) is 17.6 Å². The Hall–Kier alpha value is -0.610. The van der Waals surface area contributed by atoms with E-state index in [-0.39, 0.29) is 6.04 Å². The Kier molecular flexibility index (Phi) is 5.64. The van der Waals surface area contributed by atoms with Crippen molar-refractivity contribution in [3.8, 4) is 0 Å². The van der Waals surface area contributed by atoms with E-state index in [2.05, 4.69) is 5.32 Å². The second-order valence-corrected chi connectivity index (χ2v) is 6.42. The Balaban J connectivity index is 1.96. The van der Waals surface area contributed by atoms with Gasteiger partial charge in [0.1, 0.15) is 0 Å². The molecule has 0 saturated carbocycles. The number of benzene rings is 1. The van der Waals surface area contributed by atoms with Crippen LogP contribution in [0.5, 0.6) is 0 Å². The van der Waals surface area contributed by atoms with Crippen LogP contribution < -0.4 is 5.32 Å². The van der Waals surface area contributed by atoms with Gasteiger partial charge in [0.25, 0.3) is 0 Å². The van der Waals surface area contributed by atoms with Gasteiger partial charge < -0.3 is 5.32 Å². The molecule has 1 saturated heterocycles. The smallest absolute Gasteiger partial charge is 0.162 e. The third-order valence-corrected chi connectivity index (χ3v) is 4.91. The van der Waals surface area contributed by atoms with E-state index in [4.69, 9.17) is 0 Å². The molecule has 4 heteroatoms. The summed E-state index contributed by atoms with van der Waals surface area (Å²) in [6.07, 6.45) is 4.10. The van der Waals surface area contributed by atoms with Gasteiger partial charge >= 0.3 is 0 Å². The Morgan fingerprint density at radius 2 is 2.05 bits per heavy atom. The van der Waals surface area contributed by atoms with E-state index < -0.39 is 11.6 Å². The molecule has 1 unspecified atom stereocenters. The molecule has 106 valence electrons. The minimum Gasteiger partial charge on any atom is -0.317 e. The fraction of sp³-hybridized carbons (Fsp3) is 0.600. The van der Waals surface area contributed by atoms with E-state index in [0.717, 1.165) is 12.3 Å². The lowest BCUT2D eigenvalue weighted by molar-refractivity contribution is 0.372. The zero-order chi connectivity index (χ0) is 13.7. The largest absolute Gasteiger partial charge is 0.317 e. The topological polar surface area (TPSA) is 12.0 Å². The highest BCUT2D eigenvalue weighted by Crippen LogP contribution is 2.27. The molecule has 1 N–H and O–H groups in total. The molecular formula is C15H21F2NS. The van der Waals surface area contributed by atoms with E-state index >= 15 is 0 Å². The van der Waals surface area contributed by atoms with Gasteiger partial charge in [0.15, 0.2) is 11.6 Å². The van der Waals surface area contributed by atoms with E-state index in [1.54, 1.807) is 12.1 Å². The molecule has 1 atom stereocenters. The molecular weight excluding hydrogens is 264 g/mol. The molecule has 0 amide bonds. The molecule has 0 bridgehead atoms. The molecule has 0 radical (unpaired) electrons. The van der Waals surface area contributed by atoms with Crippen LogP contribution in [0.25, 0.3) is 0 Å². The summed E-state index contributed by atoms with van der Waals surface area (Å²) in [5, 5.41) is 3.25. The minimum atomic E-state index is -0.749. The first-order chi connectivity index (χ1) is 9.20. The average molecular weight is 285 g/mol. The highest BCUT2D eigenvalue weighted by atomic mass is 32.2. The van der Waals surface area contributed by atoms with Gasteiger partial charge in [-0.3, -0.25) is 0 Å². The van der Waals surface area contributed by atoms with Crippen LogP contribution in [0.1, 0.15) is 24.8 Å². The quantitative estimate of drug-likeness (QED) is 0.886. The maximum absolute atomic E-state index is 13.7. The van der Waals surface area contributed by atoms with E-state index in [9.17, 15) is 8.78 Å². The zero-order valence-electron chi connectivity index (χ0n) is 11.3. The highest BCUT2D eigenvalue weighted by molar-refractivity contribution is 7.99. The van der Waals surface area contributed by atoms with Crippen LogP contribution >= 0.6 is 11.8 Å². The van der Waals surface area contributed by atoms with Gasteiger partial charge in [-0.05, 0) is 61.8 Å². The van der Waals surface area contributed by atoms with Crippen LogP contribution in [0.2, 0.25) is 0 Å². The van der Waals surface area contributed by atoms with Gasteiger partial charge in [-0.15, -0.1) is 0 Å². The van der Waals surface area contributed by atoms with Crippen molar-refractivity contribution in [2.45, 2.75) is 31.7 Å². The van der Waals surface area contributed by atoms with E-state index in [0.29, 0.717) is 12.0 Å². The summed E-state index contributed by atoms with van der Waals surface area (Å²) in [4.78, 5) is 0. The Morgan fingerprint density at radius 3 is 2.74 bits per heavy atom. The minimum absolute atomic E-state index is 0.226. The Bertz CT molecular complexity index is 405. The van der Waals surface area contributed by atoms with Gasteiger partial charge in [0.2, 0.25) is 0 Å². The Morgan fingerprint density at radius 1 is 1.32 bits per heavy atom. The summed E-state index contributed by atoms with van der Waals surface area (Å²) < 4.78 is 26.9. The number of hydrogen-bond donors (Lipinski definition) is 1. The third kappa shape index (κ3) is 4.18. The summed E-state index contributed by atoms with van der Waals surface area (Å²) in [5.41, 5.74) is 0.476. The molecule has 1 nitrogen and oxygen atoms in total. The molecule has 1 aromatic rings. The van der Waals surface area contributed by atoms with Gasteiger partial charge in [-0.2, -0.15) is 11.8 Å². The number of rotatable bonds is 5. The van der Waals surface area contributed by atoms with Crippen molar-refractivity contribution in [3.05, 3.63) is 35.4 Å². The van der Waals surface area contributed by atoms with Crippen molar-refractivity contribution in [1.29, 1.82) is 0 Å². The maximum Gasteiger partial charge on any atom is 0.162 e. The number of nitrogens with one attached hydrogen (secondary N) is 1. The predicted molar refractivity (Wildman–Crippen MR) is 77.6 cm³/mol. The molecule has 19 heavy (non-hydrogen) atoms. The number of halogens is 2. The molecule has 1 fully saturated rings. The van der Waals surface area contributed by atoms with Crippen LogP contribution in [-0.2, 0) is 6.42 Å². The van der Waals surface area contributed by atoms with E-state index in [1.165, 1.54) is 30.4 Å². The zero-order valence-corrected chi connectivity index (χ0v) is 12.1. The maximum atomic E-state index is 13.7. The molecule has 1 heterocycles. The lowest BCUT2D eigenvalue weighted by Gasteiger charge is -2.26. The highest BCUT2D eigenvalue weighted by Gasteiger charge is 2.20. The first-order valence-electron chi connectivity index (χ1n) is 6.88. The lowest BCUT2D eigenvalue weighted by Crippen LogP contribution is -2.31. The van der Waals surface area contributed by atoms with Crippen molar-refractivity contribution < 1.29 is 8.78 Å². The van der Waals surface area contributed by atoms with Crippen molar-refractivity contribution in [2.75, 3.05) is 18.6 Å². The summed E-state index contributed by atoms with van der Waals surface area (Å²) in [6, 6.07) is 4.66. The number of likely N-dealkylation sites (N-methyl/N-ethyl adjacent to an activating group) is 1. The van der Waals surface area contributed by atoms with Crippen LogP contribution in [0.3, 0.4) is 0 Å². The predicted octanol–water partition coefficient (Wildman–Crippen LogP) is 3.63. The van der Waals surface area contributed by atoms with Crippen molar-refractivity contribution >= 4 is 11.8 Å². The fourth-order valence-electron chi connectivity index (χ4n) is 2.66. The first-order valence-corrected chi connectivity index (χ1v) is 8.04. The SMILES string of the molecule is CNC(Cc1cccc(F)c1F)CC1CCSCC1. The molecule has 1 aliphatic rings. The standard InChI is InChI=1S/C15H21F2NS/c1-18-13(9-11-5-7-19-8-6-11)10-12-3-2-4-14(16)15(12)17/h2-4,11,13,18H,5-10H2,1H3. The van der Waals surface area contributed by atoms with Crippen LogP contribution in [0.4, 0.5) is 8.78 Å². The Labute approximate surface area is 118 Å². The van der Waals surface area contributed by atoms with Crippen LogP contribution in [-0.4, -0.2) is 24.6 Å². The summed E-state index contributed by atoms with van der Waals surface area (Å²) in [6.45, 7) is 0. The van der Waals surface area contributed by atoms with Gasteiger partial charge in [-0.25, -0.2) is 8.78 Å². The summed E-state index contributed by atoms with van der Waals surface area (Å²) in [7, 11) is 1.90. The molecule has 0 aliphatic carbocycles. The van der Waals surface area contributed by atoms with Crippen LogP contribution in [0.15, 0.2) is 18.2 Å². The van der Waals surface area contributed by atoms with Gasteiger partial charge in [0, 0.05) is 6.04 Å². The number of hydrogen-bond acceptors (Lipinski definition) is 2. The molecule has 1 aromatic carbocycles. The molecule has 0 spiro atoms. The molecule has 1 aliphatic heterocycles. The lowest BCUT2D eigenvalue weighted by atomic mass is 9.91. The first kappa shape index (κ1) is 14.8. The van der Waals surface area contributed by atoms with Crippen molar-refractivity contribution in [1.82, 2.24) is 5.32 Å². The van der Waals surface area contributed by atoms with Gasteiger partial charge in [0.05, 0.1) is 0 Å². The summed E-state index contributed by atoms with van der Waals surface area (Å²) >= 11 is 2.01. The fourth-order valence-corrected chi connectivity index (χ4v) is 3.86. The second-order valence-electron chi connectivity index (χ2n) is 5.19. The number of thioether (sulfide) groups is 1. The normalized spacial score (nSPS) is 18.5. The molecule has 0 aromatic heterocycles. The molecule has 2 rings (SSSR count). The van der Waals surface area contributed by atoms with Crippen molar-refractivity contribution in [2.24, 2.45) is 5.92 Å². The van der Waals surface area contributed by atoms with E-state index in [1.807, 2.05) is 18.8 Å². The van der Waals surface area contributed by atoms with Gasteiger partial charge in [-0.1, -0.05) is 12.1 Å².